The molecule has 0 saturated heterocycles. The SMILES string of the molecule is COCCOC(=O)C(C)CC(=O)[C@H](C)N=C(C)C.COCCOC(=O)[C@H](C)NC(=O)[C@@H](C)N=C(C)C.COCCOCCOC(=O)[C@H](C)NC(=O)[C@@H](C)N=C(C)C.COCCOCCOCCOC(=O)[C@H](C)NC(=O)[C@@H](C)N=C(C)C.COCCOCCOCCOCCOC(=O)[C@H](C)NC(=O)[C@@H](C)N=C(C)C. The number of esters is 5. The summed E-state index contributed by atoms with van der Waals surface area (Å²) in [6.45, 7) is 42.7. The molecular weight excluding hydrogens is 1420 g/mol. The van der Waals surface area contributed by atoms with Crippen molar-refractivity contribution in [3.8, 4) is 0 Å². The lowest BCUT2D eigenvalue weighted by molar-refractivity contribution is -0.150. The minimum atomic E-state index is -0.742. The maximum absolute atomic E-state index is 11.9. The van der Waals surface area contributed by atoms with Crippen LogP contribution in [-0.4, -0.2) is 323 Å². The number of ketones is 1. The van der Waals surface area contributed by atoms with Crippen LogP contribution in [-0.2, 0) is 124 Å². The van der Waals surface area contributed by atoms with E-state index in [-0.39, 0.29) is 88.1 Å². The maximum Gasteiger partial charge on any atom is 0.328 e. The van der Waals surface area contributed by atoms with E-state index in [2.05, 4.69) is 46.2 Å². The number of rotatable bonds is 54. The van der Waals surface area contributed by atoms with Crippen molar-refractivity contribution >= 4 is 87.8 Å². The molecule has 0 aromatic heterocycles. The van der Waals surface area contributed by atoms with E-state index in [1.807, 2.05) is 69.2 Å². The third kappa shape index (κ3) is 70.5. The molecule has 0 spiro atoms. The Kier molecular flexibility index (Phi) is 73.6. The van der Waals surface area contributed by atoms with Gasteiger partial charge in [0.25, 0.3) is 0 Å². The number of ether oxygens (including phenoxy) is 16. The molecule has 0 radical (unpaired) electrons. The molecule has 0 aromatic carbocycles. The number of nitrogens with one attached hydrogen (secondary N) is 4. The van der Waals surface area contributed by atoms with E-state index in [9.17, 15) is 47.9 Å². The molecular formula is C73H135N9O26. The van der Waals surface area contributed by atoms with Gasteiger partial charge >= 0.3 is 29.8 Å². The van der Waals surface area contributed by atoms with Crippen LogP contribution in [0.4, 0.5) is 0 Å². The normalized spacial score (nSPS) is 13.2. The third-order valence-electron chi connectivity index (χ3n) is 12.9. The fraction of sp³-hybridized carbons (Fsp3) is 0.795. The summed E-state index contributed by atoms with van der Waals surface area (Å²) < 4.78 is 80.5. The fourth-order valence-electron chi connectivity index (χ4n) is 7.46. The second-order valence-corrected chi connectivity index (χ2v) is 24.7. The van der Waals surface area contributed by atoms with Gasteiger partial charge in [0.15, 0.2) is 5.78 Å². The second kappa shape index (κ2) is 72.7. The van der Waals surface area contributed by atoms with Gasteiger partial charge in [0.2, 0.25) is 23.6 Å². The van der Waals surface area contributed by atoms with Gasteiger partial charge in [-0.3, -0.25) is 53.7 Å². The Morgan fingerprint density at radius 3 is 0.611 bits per heavy atom. The number of nitrogens with zero attached hydrogens (tertiary/aromatic N) is 5. The Bertz CT molecular complexity index is 2550. The summed E-state index contributed by atoms with van der Waals surface area (Å²) in [5, 5.41) is 10.3. The summed E-state index contributed by atoms with van der Waals surface area (Å²) >= 11 is 0. The van der Waals surface area contributed by atoms with Crippen molar-refractivity contribution in [1.29, 1.82) is 0 Å². The topological polar surface area (TPSA) is 428 Å². The molecule has 0 bridgehead atoms. The second-order valence-electron chi connectivity index (χ2n) is 24.7. The lowest BCUT2D eigenvalue weighted by Crippen LogP contribution is -2.43. The minimum Gasteiger partial charge on any atom is -0.463 e. The highest BCUT2D eigenvalue weighted by atomic mass is 16.6. The van der Waals surface area contributed by atoms with Crippen molar-refractivity contribution in [2.75, 3.05) is 181 Å². The first-order valence-electron chi connectivity index (χ1n) is 35.9. The molecule has 35 nitrogen and oxygen atoms in total. The van der Waals surface area contributed by atoms with Crippen molar-refractivity contribution in [2.45, 2.75) is 199 Å². The Hall–Kier alpha value is -7.19. The number of hydrogen-bond acceptors (Lipinski definition) is 31. The van der Waals surface area contributed by atoms with Crippen molar-refractivity contribution in [3.63, 3.8) is 0 Å². The lowest BCUT2D eigenvalue weighted by atomic mass is 10.0. The fourth-order valence-corrected chi connectivity index (χ4v) is 7.46. The van der Waals surface area contributed by atoms with Crippen LogP contribution < -0.4 is 21.3 Å². The predicted octanol–water partition coefficient (Wildman–Crippen LogP) is 3.94. The lowest BCUT2D eigenvalue weighted by Gasteiger charge is -2.15. The zero-order chi connectivity index (χ0) is 83.4. The summed E-state index contributed by atoms with van der Waals surface area (Å²) in [5.41, 5.74) is 4.07. The molecule has 628 valence electrons. The van der Waals surface area contributed by atoms with Gasteiger partial charge < -0.3 is 97.1 Å². The molecule has 1 unspecified atom stereocenters. The predicted molar refractivity (Wildman–Crippen MR) is 410 cm³/mol. The van der Waals surface area contributed by atoms with Gasteiger partial charge in [0.05, 0.1) is 118 Å². The van der Waals surface area contributed by atoms with E-state index in [1.165, 1.54) is 14.2 Å². The Morgan fingerprint density at radius 2 is 0.407 bits per heavy atom. The molecule has 0 aliphatic rings. The summed E-state index contributed by atoms with van der Waals surface area (Å²) in [5.74, 6) is -4.10. The molecule has 0 aliphatic heterocycles. The van der Waals surface area contributed by atoms with Crippen molar-refractivity contribution < 1.29 is 124 Å². The van der Waals surface area contributed by atoms with Crippen LogP contribution in [0.3, 0.4) is 0 Å². The number of carbonyl (C=O) groups excluding carboxylic acids is 10. The molecule has 4 N–H and O–H groups in total. The number of amides is 4. The van der Waals surface area contributed by atoms with E-state index in [4.69, 9.17) is 75.8 Å². The highest BCUT2D eigenvalue weighted by Crippen LogP contribution is 2.10. The monoisotopic (exact) mass is 1550 g/mol. The van der Waals surface area contributed by atoms with Gasteiger partial charge in [0, 0.05) is 70.5 Å². The molecule has 0 rings (SSSR count). The van der Waals surface area contributed by atoms with Crippen LogP contribution >= 0.6 is 0 Å². The molecule has 10 atom stereocenters. The minimum absolute atomic E-state index is 0.0487. The third-order valence-corrected chi connectivity index (χ3v) is 12.9. The number of methoxy groups -OCH3 is 5. The molecule has 35 heteroatoms. The van der Waals surface area contributed by atoms with Crippen LogP contribution in [0.1, 0.15) is 145 Å². The zero-order valence-electron chi connectivity index (χ0n) is 69.4. The zero-order valence-corrected chi connectivity index (χ0v) is 69.4. The van der Waals surface area contributed by atoms with Crippen LogP contribution in [0, 0.1) is 5.92 Å². The van der Waals surface area contributed by atoms with Crippen LogP contribution in [0.5, 0.6) is 0 Å². The molecule has 0 heterocycles. The molecule has 0 saturated carbocycles. The van der Waals surface area contributed by atoms with Gasteiger partial charge in [-0.2, -0.15) is 0 Å². The van der Waals surface area contributed by atoms with Gasteiger partial charge in [-0.05, 0) is 132 Å². The number of carbonyl (C=O) groups is 10. The first-order valence-corrected chi connectivity index (χ1v) is 35.9. The molecule has 4 amide bonds. The highest BCUT2D eigenvalue weighted by molar-refractivity contribution is 5.93. The average Bonchev–Trinajstić information content (AvgIpc) is 0.950. The Balaban J connectivity index is -0.000000413. The van der Waals surface area contributed by atoms with Crippen LogP contribution in [0.15, 0.2) is 25.0 Å². The molecule has 108 heavy (non-hydrogen) atoms. The smallest absolute Gasteiger partial charge is 0.328 e. The standard InChI is InChI=1S/C18H34N2O7.C16H30N2O6.C14H26N2O5.C13H23NO4.C12H22N2O4/c1-14(2)19-15(3)17(21)20-16(4)18(22)27-13-12-26-11-10-25-9-8-24-7-6-23-5;1-12(2)17-13(3)15(19)18-14(4)16(20)24-11-10-23-9-8-22-7-6-21-5;1-10(2)15-11(3)13(17)16-12(4)14(18)21-9-8-20-7-6-19-5;1-9(2)14-11(4)12(15)8-10(3)13(16)18-7-6-17-5;1-8(2)13-9(3)11(15)14-10(4)12(16)18-7-6-17-5/h15-16H,6-13H2,1-5H3,(H,20,21);13-14H,6-11H2,1-5H3,(H,18,19);11-12H,6-9H2,1-5H3,(H,16,17);10-11H,6-8H2,1-5H3;9-10H,6-7H2,1-5H3,(H,14,15)/t15-,16+;13-,14+;11-,12+;10?,11-;9-,10+/m11101/s1. The van der Waals surface area contributed by atoms with Crippen molar-refractivity contribution in [1.82, 2.24) is 21.3 Å². The van der Waals surface area contributed by atoms with Crippen molar-refractivity contribution in [3.05, 3.63) is 0 Å². The summed E-state index contributed by atoms with van der Waals surface area (Å²) in [6, 6.07) is -5.39. The van der Waals surface area contributed by atoms with Crippen LogP contribution in [0.2, 0.25) is 0 Å². The van der Waals surface area contributed by atoms with Gasteiger partial charge in [-0.15, -0.1) is 0 Å². The quantitative estimate of drug-likeness (QED) is 0.0290. The molecule has 0 aliphatic carbocycles. The largest absolute Gasteiger partial charge is 0.463 e. The number of aliphatic imine (C=N–C) groups is 5. The van der Waals surface area contributed by atoms with Crippen LogP contribution in [0.25, 0.3) is 0 Å². The van der Waals surface area contributed by atoms with E-state index in [1.54, 1.807) is 90.6 Å². The molecule has 0 aromatic rings. The van der Waals surface area contributed by atoms with Gasteiger partial charge in [-0.1, -0.05) is 6.92 Å². The summed E-state index contributed by atoms with van der Waals surface area (Å²) in [6.07, 6.45) is 0.157. The Morgan fingerprint density at radius 1 is 0.241 bits per heavy atom. The summed E-state index contributed by atoms with van der Waals surface area (Å²) in [4.78, 5) is 138. The van der Waals surface area contributed by atoms with E-state index in [0.717, 1.165) is 28.6 Å². The number of Topliss-reactive ketones (excluding diaryl/α,β-unsaturated/α-hetero) is 1. The molecule has 0 fully saturated rings. The van der Waals surface area contributed by atoms with E-state index >= 15 is 0 Å². The Labute approximate surface area is 641 Å². The maximum atomic E-state index is 11.9. The average molecular weight is 1550 g/mol. The summed E-state index contributed by atoms with van der Waals surface area (Å²) in [7, 11) is 7.86. The van der Waals surface area contributed by atoms with Crippen molar-refractivity contribution in [2.24, 2.45) is 30.9 Å². The van der Waals surface area contributed by atoms with Gasteiger partial charge in [0.1, 0.15) is 87.4 Å². The number of hydrogen-bond donors (Lipinski definition) is 4. The van der Waals surface area contributed by atoms with Gasteiger partial charge in [-0.25, -0.2) is 19.2 Å². The first-order chi connectivity index (χ1) is 50.9. The first kappa shape index (κ1) is 109. The van der Waals surface area contributed by atoms with E-state index in [0.29, 0.717) is 99.1 Å². The van der Waals surface area contributed by atoms with E-state index < -0.39 is 84.2 Å². The highest BCUT2D eigenvalue weighted by Gasteiger charge is 2.25.